The highest BCUT2D eigenvalue weighted by atomic mass is 32.2. The van der Waals surface area contributed by atoms with Crippen molar-refractivity contribution in [3.63, 3.8) is 0 Å². The van der Waals surface area contributed by atoms with Crippen molar-refractivity contribution in [1.29, 1.82) is 0 Å². The summed E-state index contributed by atoms with van der Waals surface area (Å²) in [6.45, 7) is 0. The van der Waals surface area contributed by atoms with Crippen LogP contribution < -0.4 is 0 Å². The van der Waals surface area contributed by atoms with E-state index < -0.39 is 0 Å². The van der Waals surface area contributed by atoms with Crippen molar-refractivity contribution >= 4 is 11.8 Å². The number of phenolic OH excluding ortho intramolecular Hbond substituents is 1. The lowest BCUT2D eigenvalue weighted by Gasteiger charge is -1.96. The topological polar surface area (TPSA) is 48.9 Å². The van der Waals surface area contributed by atoms with Gasteiger partial charge in [0, 0.05) is 5.56 Å². The zero-order valence-electron chi connectivity index (χ0n) is 7.69. The average molecular weight is 206 g/mol. The van der Waals surface area contributed by atoms with Crippen molar-refractivity contribution in [2.75, 3.05) is 6.26 Å². The van der Waals surface area contributed by atoms with Crippen LogP contribution >= 0.6 is 11.8 Å². The van der Waals surface area contributed by atoms with Gasteiger partial charge in [-0.15, -0.1) is 11.8 Å². The summed E-state index contributed by atoms with van der Waals surface area (Å²) in [6.07, 6.45) is 1.97. The summed E-state index contributed by atoms with van der Waals surface area (Å²) in [5, 5.41) is 17.3. The largest absolute Gasteiger partial charge is 0.508 e. The first-order valence-corrected chi connectivity index (χ1v) is 5.41. The van der Waals surface area contributed by atoms with Gasteiger partial charge in [0.2, 0.25) is 0 Å². The summed E-state index contributed by atoms with van der Waals surface area (Å²) in [4.78, 5) is 0. The molecule has 1 aromatic carbocycles. The van der Waals surface area contributed by atoms with Crippen LogP contribution in [0.4, 0.5) is 0 Å². The summed E-state index contributed by atoms with van der Waals surface area (Å²) in [6, 6.07) is 9.05. The van der Waals surface area contributed by atoms with Crippen LogP contribution in [-0.4, -0.2) is 21.6 Å². The third-order valence-corrected chi connectivity index (χ3v) is 2.55. The average Bonchev–Trinajstić information content (AvgIpc) is 2.66. The van der Waals surface area contributed by atoms with Gasteiger partial charge in [0.05, 0.1) is 5.69 Å². The first-order valence-electron chi connectivity index (χ1n) is 4.18. The first kappa shape index (κ1) is 9.15. The molecule has 0 atom stereocenters. The predicted molar refractivity (Wildman–Crippen MR) is 57.5 cm³/mol. The number of hydrogen-bond acceptors (Lipinski definition) is 3. The quantitative estimate of drug-likeness (QED) is 0.742. The molecule has 0 aliphatic carbocycles. The highest BCUT2D eigenvalue weighted by molar-refractivity contribution is 7.98. The van der Waals surface area contributed by atoms with Crippen molar-refractivity contribution in [3.8, 4) is 17.0 Å². The number of hydrogen-bond donors (Lipinski definition) is 2. The van der Waals surface area contributed by atoms with E-state index in [9.17, 15) is 5.11 Å². The van der Waals surface area contributed by atoms with Crippen LogP contribution in [0.25, 0.3) is 11.3 Å². The van der Waals surface area contributed by atoms with E-state index in [2.05, 4.69) is 10.2 Å². The van der Waals surface area contributed by atoms with Crippen molar-refractivity contribution < 1.29 is 5.11 Å². The van der Waals surface area contributed by atoms with Gasteiger partial charge in [-0.3, -0.25) is 5.10 Å². The second-order valence-electron chi connectivity index (χ2n) is 2.87. The highest BCUT2D eigenvalue weighted by Crippen LogP contribution is 2.24. The minimum atomic E-state index is 0.266. The zero-order chi connectivity index (χ0) is 9.97. The number of rotatable bonds is 2. The molecule has 2 rings (SSSR count). The molecule has 0 fully saturated rings. The Labute approximate surface area is 86.2 Å². The van der Waals surface area contributed by atoms with E-state index in [0.29, 0.717) is 0 Å². The standard InChI is InChI=1S/C10H10N2OS/c1-14-10-6-9(11-12-10)7-3-2-4-8(13)5-7/h2-6,13H,1H3,(H,11,12). The van der Waals surface area contributed by atoms with E-state index in [4.69, 9.17) is 0 Å². The summed E-state index contributed by atoms with van der Waals surface area (Å²) in [7, 11) is 0. The van der Waals surface area contributed by atoms with Crippen molar-refractivity contribution in [2.45, 2.75) is 5.03 Å². The minimum Gasteiger partial charge on any atom is -0.508 e. The molecule has 0 saturated carbocycles. The lowest BCUT2D eigenvalue weighted by atomic mass is 10.1. The Morgan fingerprint density at radius 3 is 2.86 bits per heavy atom. The van der Waals surface area contributed by atoms with Crippen molar-refractivity contribution in [3.05, 3.63) is 30.3 Å². The second-order valence-corrected chi connectivity index (χ2v) is 3.70. The smallest absolute Gasteiger partial charge is 0.118 e. The van der Waals surface area contributed by atoms with Crippen LogP contribution in [-0.2, 0) is 0 Å². The first-order chi connectivity index (χ1) is 6.79. The van der Waals surface area contributed by atoms with E-state index in [1.54, 1.807) is 23.9 Å². The number of thioether (sulfide) groups is 1. The Kier molecular flexibility index (Phi) is 2.45. The number of aromatic hydroxyl groups is 1. The fourth-order valence-electron chi connectivity index (χ4n) is 1.23. The van der Waals surface area contributed by atoms with Gasteiger partial charge in [0.25, 0.3) is 0 Å². The van der Waals surface area contributed by atoms with Gasteiger partial charge in [-0.05, 0) is 24.5 Å². The Morgan fingerprint density at radius 2 is 2.21 bits per heavy atom. The number of benzene rings is 1. The molecule has 0 radical (unpaired) electrons. The molecule has 0 aliphatic heterocycles. The summed E-state index contributed by atoms with van der Waals surface area (Å²) < 4.78 is 0. The van der Waals surface area contributed by atoms with Gasteiger partial charge < -0.3 is 5.11 Å². The normalized spacial score (nSPS) is 10.4. The number of aromatic nitrogens is 2. The molecule has 0 aliphatic rings. The molecule has 4 heteroatoms. The number of nitrogens with one attached hydrogen (secondary N) is 1. The molecular weight excluding hydrogens is 196 g/mol. The Bertz CT molecular complexity index is 439. The molecule has 0 spiro atoms. The van der Waals surface area contributed by atoms with E-state index in [1.807, 2.05) is 24.5 Å². The number of H-pyrrole nitrogens is 1. The number of phenols is 1. The highest BCUT2D eigenvalue weighted by Gasteiger charge is 2.02. The van der Waals surface area contributed by atoms with Gasteiger partial charge in [-0.2, -0.15) is 5.10 Å². The lowest BCUT2D eigenvalue weighted by Crippen LogP contribution is -1.76. The van der Waals surface area contributed by atoms with Gasteiger partial charge in [0.1, 0.15) is 10.8 Å². The summed E-state index contributed by atoms with van der Waals surface area (Å²) in [5.41, 5.74) is 1.86. The molecule has 0 unspecified atom stereocenters. The van der Waals surface area contributed by atoms with Crippen LogP contribution in [0.2, 0.25) is 0 Å². The molecule has 1 aromatic heterocycles. The maximum absolute atomic E-state index is 9.30. The number of aromatic amines is 1. The molecule has 1 heterocycles. The van der Waals surface area contributed by atoms with Crippen molar-refractivity contribution in [1.82, 2.24) is 10.2 Å². The van der Waals surface area contributed by atoms with E-state index in [0.717, 1.165) is 16.3 Å². The summed E-state index contributed by atoms with van der Waals surface area (Å²) >= 11 is 1.58. The molecule has 0 bridgehead atoms. The Balaban J connectivity index is 2.39. The molecular formula is C10H10N2OS. The lowest BCUT2D eigenvalue weighted by molar-refractivity contribution is 0.475. The van der Waals surface area contributed by atoms with Crippen LogP contribution in [0, 0.1) is 0 Å². The van der Waals surface area contributed by atoms with Crippen LogP contribution in [0.15, 0.2) is 35.4 Å². The minimum absolute atomic E-state index is 0.266. The predicted octanol–water partition coefficient (Wildman–Crippen LogP) is 2.50. The fourth-order valence-corrected chi connectivity index (χ4v) is 1.60. The fraction of sp³-hybridized carbons (Fsp3) is 0.100. The molecule has 2 N–H and O–H groups in total. The Morgan fingerprint density at radius 1 is 1.36 bits per heavy atom. The van der Waals surface area contributed by atoms with Crippen LogP contribution in [0.5, 0.6) is 5.75 Å². The summed E-state index contributed by atoms with van der Waals surface area (Å²) in [5.74, 6) is 0.266. The van der Waals surface area contributed by atoms with Crippen LogP contribution in [0.3, 0.4) is 0 Å². The van der Waals surface area contributed by atoms with Gasteiger partial charge in [0.15, 0.2) is 0 Å². The molecule has 0 amide bonds. The molecule has 2 aromatic rings. The van der Waals surface area contributed by atoms with E-state index in [-0.39, 0.29) is 5.75 Å². The molecule has 0 saturated heterocycles. The van der Waals surface area contributed by atoms with Crippen molar-refractivity contribution in [2.24, 2.45) is 0 Å². The van der Waals surface area contributed by atoms with Gasteiger partial charge in [-0.1, -0.05) is 12.1 Å². The SMILES string of the molecule is CSc1cc(-c2cccc(O)c2)[nH]n1. The third kappa shape index (κ3) is 1.75. The maximum atomic E-state index is 9.30. The van der Waals surface area contributed by atoms with E-state index >= 15 is 0 Å². The number of nitrogens with zero attached hydrogens (tertiary/aromatic N) is 1. The van der Waals surface area contributed by atoms with E-state index in [1.165, 1.54) is 0 Å². The zero-order valence-corrected chi connectivity index (χ0v) is 8.51. The van der Waals surface area contributed by atoms with Gasteiger partial charge >= 0.3 is 0 Å². The second kappa shape index (κ2) is 3.75. The Hall–Kier alpha value is -1.42. The monoisotopic (exact) mass is 206 g/mol. The maximum Gasteiger partial charge on any atom is 0.118 e. The van der Waals surface area contributed by atoms with Gasteiger partial charge in [-0.25, -0.2) is 0 Å². The molecule has 3 nitrogen and oxygen atoms in total. The molecule has 14 heavy (non-hydrogen) atoms. The molecule has 72 valence electrons. The van der Waals surface area contributed by atoms with Crippen LogP contribution in [0.1, 0.15) is 0 Å². The third-order valence-electron chi connectivity index (χ3n) is 1.92.